The summed E-state index contributed by atoms with van der Waals surface area (Å²) >= 11 is 0. The van der Waals surface area contributed by atoms with Crippen LogP contribution in [0, 0.1) is 0 Å². The van der Waals surface area contributed by atoms with E-state index < -0.39 is 17.9 Å². The van der Waals surface area contributed by atoms with Crippen molar-refractivity contribution >= 4 is 11.8 Å². The molecule has 2 amide bonds. The van der Waals surface area contributed by atoms with Crippen LogP contribution in [0.25, 0.3) is 0 Å². The molecule has 2 N–H and O–H groups in total. The largest absolute Gasteiger partial charge is 0.497 e. The summed E-state index contributed by atoms with van der Waals surface area (Å²) in [5, 5.41) is 0. The van der Waals surface area contributed by atoms with Gasteiger partial charge in [-0.1, -0.05) is 12.1 Å². The SMILES string of the molecule is COc1ccc(C(=O)NNC(=O)C2COc3ccccc3O2)c(OC)c1. The molecule has 0 saturated heterocycles. The summed E-state index contributed by atoms with van der Waals surface area (Å²) in [7, 11) is 2.95. The van der Waals surface area contributed by atoms with Gasteiger partial charge in [0.15, 0.2) is 11.5 Å². The van der Waals surface area contributed by atoms with Gasteiger partial charge in [-0.05, 0) is 24.3 Å². The number of rotatable bonds is 4. The fraction of sp³-hybridized carbons (Fsp3) is 0.222. The first-order chi connectivity index (χ1) is 12.6. The highest BCUT2D eigenvalue weighted by Gasteiger charge is 2.27. The predicted octanol–water partition coefficient (Wildman–Crippen LogP) is 1.30. The molecule has 0 bridgehead atoms. The monoisotopic (exact) mass is 358 g/mol. The number of amides is 2. The van der Waals surface area contributed by atoms with Crippen molar-refractivity contribution in [3.05, 3.63) is 48.0 Å². The van der Waals surface area contributed by atoms with Gasteiger partial charge >= 0.3 is 0 Å². The molecule has 2 aromatic rings. The maximum atomic E-state index is 12.3. The van der Waals surface area contributed by atoms with Crippen LogP contribution in [0.1, 0.15) is 10.4 Å². The molecular weight excluding hydrogens is 340 g/mol. The van der Waals surface area contributed by atoms with Gasteiger partial charge in [-0.2, -0.15) is 0 Å². The number of benzene rings is 2. The standard InChI is InChI=1S/C18H18N2O6/c1-23-11-7-8-12(15(9-11)24-2)17(21)19-20-18(22)16-10-25-13-5-3-4-6-14(13)26-16/h3-9,16H,10H2,1-2H3,(H,19,21)(H,20,22). The van der Waals surface area contributed by atoms with Gasteiger partial charge in [-0.15, -0.1) is 0 Å². The Kier molecular flexibility index (Phi) is 5.12. The third kappa shape index (κ3) is 3.64. The van der Waals surface area contributed by atoms with Crippen LogP contribution in [0.2, 0.25) is 0 Å². The Balaban J connectivity index is 1.61. The minimum Gasteiger partial charge on any atom is -0.497 e. The lowest BCUT2D eigenvalue weighted by Gasteiger charge is -2.25. The van der Waals surface area contributed by atoms with E-state index in [-0.39, 0.29) is 12.2 Å². The normalized spacial score (nSPS) is 14.9. The van der Waals surface area contributed by atoms with Gasteiger partial charge in [-0.25, -0.2) is 0 Å². The second kappa shape index (κ2) is 7.64. The van der Waals surface area contributed by atoms with Crippen molar-refractivity contribution in [3.63, 3.8) is 0 Å². The van der Waals surface area contributed by atoms with Crippen molar-refractivity contribution in [2.75, 3.05) is 20.8 Å². The summed E-state index contributed by atoms with van der Waals surface area (Å²) in [6.07, 6.45) is -0.872. The number of hydrogen-bond donors (Lipinski definition) is 2. The molecule has 1 unspecified atom stereocenters. The second-order valence-corrected chi connectivity index (χ2v) is 5.37. The number of fused-ring (bicyclic) bond motifs is 1. The molecule has 0 aliphatic carbocycles. The number of carbonyl (C=O) groups excluding carboxylic acids is 2. The van der Waals surface area contributed by atoms with Gasteiger partial charge in [-0.3, -0.25) is 20.4 Å². The van der Waals surface area contributed by atoms with Gasteiger partial charge < -0.3 is 18.9 Å². The van der Waals surface area contributed by atoms with E-state index in [1.807, 2.05) is 6.07 Å². The van der Waals surface area contributed by atoms with Crippen LogP contribution < -0.4 is 29.8 Å². The number of ether oxygens (including phenoxy) is 4. The molecule has 0 spiro atoms. The van der Waals surface area contributed by atoms with E-state index in [9.17, 15) is 9.59 Å². The van der Waals surface area contributed by atoms with Crippen molar-refractivity contribution in [1.82, 2.24) is 10.9 Å². The highest BCUT2D eigenvalue weighted by Crippen LogP contribution is 2.30. The number of hydrazine groups is 1. The van der Waals surface area contributed by atoms with E-state index in [1.165, 1.54) is 20.3 Å². The Labute approximate surface area is 150 Å². The van der Waals surface area contributed by atoms with Gasteiger partial charge in [0, 0.05) is 6.07 Å². The average molecular weight is 358 g/mol. The lowest BCUT2D eigenvalue weighted by molar-refractivity contribution is -0.131. The molecule has 136 valence electrons. The quantitative estimate of drug-likeness (QED) is 0.800. The Morgan fingerprint density at radius 2 is 1.81 bits per heavy atom. The minimum absolute atomic E-state index is 0.0462. The van der Waals surface area contributed by atoms with Crippen LogP contribution in [0.5, 0.6) is 23.0 Å². The third-order valence-electron chi connectivity index (χ3n) is 3.75. The van der Waals surface area contributed by atoms with Gasteiger partial charge in [0.05, 0.1) is 19.8 Å². The smallest absolute Gasteiger partial charge is 0.283 e. The molecule has 2 aromatic carbocycles. The fourth-order valence-corrected chi connectivity index (χ4v) is 2.40. The van der Waals surface area contributed by atoms with Gasteiger partial charge in [0.2, 0.25) is 6.10 Å². The van der Waals surface area contributed by atoms with Gasteiger partial charge in [0.25, 0.3) is 11.8 Å². The van der Waals surface area contributed by atoms with Crippen LogP contribution in [-0.4, -0.2) is 38.7 Å². The van der Waals surface area contributed by atoms with E-state index in [0.717, 1.165) is 0 Å². The molecule has 8 heteroatoms. The summed E-state index contributed by atoms with van der Waals surface area (Å²) in [5.41, 5.74) is 4.92. The van der Waals surface area contributed by atoms with Crippen molar-refractivity contribution < 1.29 is 28.5 Å². The molecule has 1 heterocycles. The minimum atomic E-state index is -0.872. The first-order valence-electron chi connectivity index (χ1n) is 7.83. The second-order valence-electron chi connectivity index (χ2n) is 5.37. The van der Waals surface area contributed by atoms with Crippen LogP contribution in [0.3, 0.4) is 0 Å². The zero-order valence-corrected chi connectivity index (χ0v) is 14.3. The molecule has 0 fully saturated rings. The maximum Gasteiger partial charge on any atom is 0.283 e. The van der Waals surface area contributed by atoms with Crippen LogP contribution >= 0.6 is 0 Å². The molecule has 0 radical (unpaired) electrons. The molecule has 1 aliphatic rings. The molecule has 3 rings (SSSR count). The lowest BCUT2D eigenvalue weighted by Crippen LogP contribution is -2.50. The summed E-state index contributed by atoms with van der Waals surface area (Å²) in [4.78, 5) is 24.5. The Hall–Kier alpha value is -3.42. The summed E-state index contributed by atoms with van der Waals surface area (Å²) in [5.74, 6) is 0.858. The van der Waals surface area contributed by atoms with E-state index in [2.05, 4.69) is 10.9 Å². The maximum absolute atomic E-state index is 12.3. The Morgan fingerprint density at radius 1 is 1.04 bits per heavy atom. The zero-order valence-electron chi connectivity index (χ0n) is 14.3. The van der Waals surface area contributed by atoms with Crippen molar-refractivity contribution in [2.24, 2.45) is 0 Å². The van der Waals surface area contributed by atoms with Crippen LogP contribution in [0.4, 0.5) is 0 Å². The summed E-state index contributed by atoms with van der Waals surface area (Å²) < 4.78 is 21.3. The van der Waals surface area contributed by atoms with Crippen molar-refractivity contribution in [3.8, 4) is 23.0 Å². The molecule has 0 aromatic heterocycles. The summed E-state index contributed by atoms with van der Waals surface area (Å²) in [6, 6.07) is 11.8. The topological polar surface area (TPSA) is 95.1 Å². The lowest BCUT2D eigenvalue weighted by atomic mass is 10.2. The van der Waals surface area contributed by atoms with Crippen LogP contribution in [0.15, 0.2) is 42.5 Å². The first kappa shape index (κ1) is 17.4. The molecule has 1 atom stereocenters. The third-order valence-corrected chi connectivity index (χ3v) is 3.75. The Bertz CT molecular complexity index is 823. The number of methoxy groups -OCH3 is 2. The highest BCUT2D eigenvalue weighted by molar-refractivity contribution is 5.98. The first-order valence-corrected chi connectivity index (χ1v) is 7.83. The molecule has 8 nitrogen and oxygen atoms in total. The predicted molar refractivity (Wildman–Crippen MR) is 91.5 cm³/mol. The number of carbonyl (C=O) groups is 2. The average Bonchev–Trinajstić information content (AvgIpc) is 2.70. The van der Waals surface area contributed by atoms with E-state index in [4.69, 9.17) is 18.9 Å². The van der Waals surface area contributed by atoms with E-state index in [0.29, 0.717) is 23.0 Å². The molecule has 0 saturated carbocycles. The molecule has 26 heavy (non-hydrogen) atoms. The van der Waals surface area contributed by atoms with Gasteiger partial charge in [0.1, 0.15) is 18.1 Å². The van der Waals surface area contributed by atoms with E-state index >= 15 is 0 Å². The fourth-order valence-electron chi connectivity index (χ4n) is 2.40. The van der Waals surface area contributed by atoms with Crippen molar-refractivity contribution in [1.29, 1.82) is 0 Å². The highest BCUT2D eigenvalue weighted by atomic mass is 16.6. The molecular formula is C18H18N2O6. The zero-order chi connectivity index (χ0) is 18.5. The number of hydrogen-bond acceptors (Lipinski definition) is 6. The number of nitrogens with one attached hydrogen (secondary N) is 2. The Morgan fingerprint density at radius 3 is 2.54 bits per heavy atom. The summed E-state index contributed by atoms with van der Waals surface area (Å²) in [6.45, 7) is 0.0462. The van der Waals surface area contributed by atoms with Crippen molar-refractivity contribution in [2.45, 2.75) is 6.10 Å². The van der Waals surface area contributed by atoms with E-state index in [1.54, 1.807) is 30.3 Å². The number of para-hydroxylation sites is 2. The molecule has 1 aliphatic heterocycles. The van der Waals surface area contributed by atoms with Crippen LogP contribution in [-0.2, 0) is 4.79 Å².